The lowest BCUT2D eigenvalue weighted by molar-refractivity contribution is 0.606. The number of hydrogen-bond acceptors (Lipinski definition) is 5. The summed E-state index contributed by atoms with van der Waals surface area (Å²) in [6, 6.07) is 46.6. The molecule has 0 fully saturated rings. The van der Waals surface area contributed by atoms with E-state index in [0.717, 1.165) is 69.4 Å². The van der Waals surface area contributed by atoms with Gasteiger partial charge in [-0.1, -0.05) is 97.1 Å². The van der Waals surface area contributed by atoms with Crippen molar-refractivity contribution < 1.29 is 0 Å². The smallest absolute Gasteiger partial charge is 0.133 e. The Morgan fingerprint density at radius 3 is 2.02 bits per heavy atom. The Balaban J connectivity index is 1.10. The number of para-hydroxylation sites is 3. The van der Waals surface area contributed by atoms with Crippen LogP contribution in [0, 0.1) is 0 Å². The number of amidine groups is 1. The Kier molecular flexibility index (Phi) is 7.70. The van der Waals surface area contributed by atoms with E-state index in [2.05, 4.69) is 119 Å². The molecule has 5 nitrogen and oxygen atoms in total. The average molecular weight is 608 g/mol. The fourth-order valence-corrected chi connectivity index (χ4v) is 6.17. The van der Waals surface area contributed by atoms with Gasteiger partial charge in [0.2, 0.25) is 0 Å². The van der Waals surface area contributed by atoms with E-state index in [0.29, 0.717) is 6.54 Å². The summed E-state index contributed by atoms with van der Waals surface area (Å²) < 4.78 is 0. The van der Waals surface area contributed by atoms with Crippen molar-refractivity contribution in [3.05, 3.63) is 181 Å². The van der Waals surface area contributed by atoms with Crippen molar-refractivity contribution in [2.45, 2.75) is 13.0 Å². The highest BCUT2D eigenvalue weighted by Crippen LogP contribution is 2.33. The number of anilines is 2. The molecular formula is C42H33N5. The first kappa shape index (κ1) is 28.4. The van der Waals surface area contributed by atoms with Crippen LogP contribution in [-0.2, 0) is 13.0 Å². The Morgan fingerprint density at radius 2 is 1.26 bits per heavy atom. The van der Waals surface area contributed by atoms with Crippen molar-refractivity contribution in [1.29, 1.82) is 0 Å². The topological polar surface area (TPSA) is 44.6 Å². The molecule has 2 aliphatic heterocycles. The number of aliphatic imine (C=N–C) groups is 1. The van der Waals surface area contributed by atoms with Crippen molar-refractivity contribution in [2.75, 3.05) is 11.4 Å². The van der Waals surface area contributed by atoms with Crippen LogP contribution in [0.2, 0.25) is 0 Å². The molecule has 0 aliphatic carbocycles. The molecule has 2 aliphatic rings. The third-order valence-corrected chi connectivity index (χ3v) is 8.56. The van der Waals surface area contributed by atoms with E-state index in [-0.39, 0.29) is 0 Å². The molecule has 0 bridgehead atoms. The second-order valence-electron chi connectivity index (χ2n) is 11.8. The summed E-state index contributed by atoms with van der Waals surface area (Å²) in [6.07, 6.45) is 11.2. The van der Waals surface area contributed by atoms with E-state index in [4.69, 9.17) is 15.0 Å². The van der Waals surface area contributed by atoms with Crippen LogP contribution in [-0.4, -0.2) is 27.2 Å². The average Bonchev–Trinajstić information content (AvgIpc) is 3.14. The van der Waals surface area contributed by atoms with Gasteiger partial charge in [0.1, 0.15) is 5.84 Å². The molecule has 0 radical (unpaired) electrons. The number of benzene rings is 5. The predicted octanol–water partition coefficient (Wildman–Crippen LogP) is 9.53. The minimum Gasteiger partial charge on any atom is -0.337 e. The standard InChI is InChI=1S/C42H33N5/c1-3-13-33(14-4-1)41-42(45-39-19-8-7-18-38(39)44-41)34-15-11-12-32(28-34)30-47(36-16-5-2-6-17-36)37-23-21-31(22-24-37)29-35-25-27-46-26-10-9-20-40(46)43-35/h1-26,28H,27,29-30H2. The summed E-state index contributed by atoms with van der Waals surface area (Å²) in [5, 5.41) is 0. The molecule has 6 aromatic rings. The van der Waals surface area contributed by atoms with E-state index in [1.807, 2.05) is 54.6 Å². The van der Waals surface area contributed by atoms with Crippen LogP contribution < -0.4 is 4.90 Å². The largest absolute Gasteiger partial charge is 0.337 e. The number of nitrogens with zero attached hydrogens (tertiary/aromatic N) is 5. The van der Waals surface area contributed by atoms with Crippen LogP contribution in [0.3, 0.4) is 0 Å². The molecule has 0 saturated carbocycles. The summed E-state index contributed by atoms with van der Waals surface area (Å²) in [6.45, 7) is 1.55. The lowest BCUT2D eigenvalue weighted by Crippen LogP contribution is -2.28. The highest BCUT2D eigenvalue weighted by Gasteiger charge is 2.17. The Bertz CT molecular complexity index is 2160. The summed E-state index contributed by atoms with van der Waals surface area (Å²) in [5.41, 5.74) is 11.5. The molecule has 0 unspecified atom stereocenters. The minimum absolute atomic E-state index is 0.702. The molecule has 5 aromatic carbocycles. The number of allylic oxidation sites excluding steroid dienone is 3. The quantitative estimate of drug-likeness (QED) is 0.173. The minimum atomic E-state index is 0.702. The zero-order valence-corrected chi connectivity index (χ0v) is 25.9. The van der Waals surface area contributed by atoms with Gasteiger partial charge in [0.25, 0.3) is 0 Å². The van der Waals surface area contributed by atoms with E-state index in [1.165, 1.54) is 11.1 Å². The fourth-order valence-electron chi connectivity index (χ4n) is 6.17. The highest BCUT2D eigenvalue weighted by atomic mass is 15.2. The van der Waals surface area contributed by atoms with Gasteiger partial charge in [0.15, 0.2) is 0 Å². The zero-order valence-electron chi connectivity index (χ0n) is 25.9. The zero-order chi connectivity index (χ0) is 31.4. The van der Waals surface area contributed by atoms with Crippen LogP contribution in [0.5, 0.6) is 0 Å². The van der Waals surface area contributed by atoms with E-state index in [9.17, 15) is 0 Å². The summed E-state index contributed by atoms with van der Waals surface area (Å²) in [4.78, 5) is 19.6. The predicted molar refractivity (Wildman–Crippen MR) is 193 cm³/mol. The number of fused-ring (bicyclic) bond motifs is 2. The van der Waals surface area contributed by atoms with Crippen LogP contribution in [0.1, 0.15) is 11.1 Å². The van der Waals surface area contributed by atoms with Gasteiger partial charge in [0, 0.05) is 53.9 Å². The molecule has 8 rings (SSSR count). The lowest BCUT2D eigenvalue weighted by Gasteiger charge is -2.26. The van der Waals surface area contributed by atoms with Crippen LogP contribution in [0.25, 0.3) is 33.5 Å². The molecule has 0 amide bonds. The fraction of sp³-hybridized carbons (Fsp3) is 0.0714. The van der Waals surface area contributed by atoms with Crippen LogP contribution >= 0.6 is 0 Å². The molecule has 47 heavy (non-hydrogen) atoms. The van der Waals surface area contributed by atoms with Gasteiger partial charge in [-0.05, 0) is 71.8 Å². The second-order valence-corrected chi connectivity index (χ2v) is 11.8. The molecule has 0 N–H and O–H groups in total. The lowest BCUT2D eigenvalue weighted by atomic mass is 10.0. The van der Waals surface area contributed by atoms with E-state index >= 15 is 0 Å². The first-order valence-electron chi connectivity index (χ1n) is 16.0. The van der Waals surface area contributed by atoms with Gasteiger partial charge >= 0.3 is 0 Å². The monoisotopic (exact) mass is 607 g/mol. The van der Waals surface area contributed by atoms with Gasteiger partial charge in [-0.2, -0.15) is 0 Å². The number of rotatable bonds is 8. The number of aromatic nitrogens is 2. The molecule has 3 heterocycles. The van der Waals surface area contributed by atoms with Gasteiger partial charge in [-0.15, -0.1) is 0 Å². The molecule has 226 valence electrons. The third kappa shape index (κ3) is 6.11. The van der Waals surface area contributed by atoms with Crippen molar-refractivity contribution in [1.82, 2.24) is 14.9 Å². The van der Waals surface area contributed by atoms with Gasteiger partial charge < -0.3 is 9.80 Å². The summed E-state index contributed by atoms with van der Waals surface area (Å²) >= 11 is 0. The van der Waals surface area contributed by atoms with Crippen molar-refractivity contribution in [3.8, 4) is 22.5 Å². The second kappa shape index (κ2) is 12.7. The molecule has 0 saturated heterocycles. The molecule has 0 atom stereocenters. The van der Waals surface area contributed by atoms with Crippen molar-refractivity contribution in [3.63, 3.8) is 0 Å². The van der Waals surface area contributed by atoms with Gasteiger partial charge in [0.05, 0.1) is 22.4 Å². The molecule has 0 spiro atoms. The van der Waals surface area contributed by atoms with Gasteiger partial charge in [-0.3, -0.25) is 0 Å². The molecular weight excluding hydrogens is 574 g/mol. The van der Waals surface area contributed by atoms with Crippen LogP contribution in [0.4, 0.5) is 11.4 Å². The van der Waals surface area contributed by atoms with Gasteiger partial charge in [-0.25, -0.2) is 15.0 Å². The Hall–Kier alpha value is -6.07. The first-order valence-corrected chi connectivity index (χ1v) is 16.0. The summed E-state index contributed by atoms with van der Waals surface area (Å²) in [7, 11) is 0. The molecule has 5 heteroatoms. The van der Waals surface area contributed by atoms with Crippen molar-refractivity contribution in [2.24, 2.45) is 4.99 Å². The Labute approximate surface area is 275 Å². The third-order valence-electron chi connectivity index (χ3n) is 8.56. The first-order chi connectivity index (χ1) is 23.3. The Morgan fingerprint density at radius 1 is 0.596 bits per heavy atom. The number of hydrogen-bond donors (Lipinski definition) is 0. The van der Waals surface area contributed by atoms with Crippen molar-refractivity contribution >= 4 is 28.2 Å². The van der Waals surface area contributed by atoms with Crippen LogP contribution in [0.15, 0.2) is 175 Å². The summed E-state index contributed by atoms with van der Waals surface area (Å²) in [5.74, 6) is 1.00. The van der Waals surface area contributed by atoms with E-state index < -0.39 is 0 Å². The highest BCUT2D eigenvalue weighted by molar-refractivity contribution is 5.96. The molecule has 1 aromatic heterocycles. The normalized spacial score (nSPS) is 13.7. The maximum Gasteiger partial charge on any atom is 0.133 e. The maximum absolute atomic E-state index is 5.14. The maximum atomic E-state index is 5.14. The van der Waals surface area contributed by atoms with E-state index in [1.54, 1.807) is 0 Å². The SMILES string of the molecule is C1=CC2=NC(Cc3ccc(N(Cc4cccc(-c5nc6ccccc6nc5-c5ccccc5)c4)c4ccccc4)cc3)=CCN2C=C1.